The van der Waals surface area contributed by atoms with Crippen LogP contribution in [-0.2, 0) is 6.42 Å². The van der Waals surface area contributed by atoms with Gasteiger partial charge < -0.3 is 11.1 Å². The van der Waals surface area contributed by atoms with Crippen molar-refractivity contribution in [3.05, 3.63) is 47.5 Å². The molecule has 0 amide bonds. The lowest BCUT2D eigenvalue weighted by atomic mass is 10.1. The fraction of sp³-hybridized carbons (Fsp3) is 0.333. The third-order valence-corrected chi connectivity index (χ3v) is 2.94. The summed E-state index contributed by atoms with van der Waals surface area (Å²) in [7, 11) is 0. The van der Waals surface area contributed by atoms with Crippen molar-refractivity contribution in [2.75, 3.05) is 17.6 Å². The Morgan fingerprint density at radius 1 is 1.25 bits per heavy atom. The van der Waals surface area contributed by atoms with E-state index in [9.17, 15) is 4.39 Å². The fourth-order valence-corrected chi connectivity index (χ4v) is 1.86. The van der Waals surface area contributed by atoms with Crippen molar-refractivity contribution in [3.63, 3.8) is 0 Å². The number of halogens is 1. The first-order valence-electron chi connectivity index (χ1n) is 6.68. The Hall–Kier alpha value is -2.17. The molecule has 0 atom stereocenters. The lowest BCUT2D eigenvalue weighted by Gasteiger charge is -2.10. The monoisotopic (exact) mass is 274 g/mol. The SMILES string of the molecule is CC(C)c1nc(N)cc(NCCc2ccccc2F)n1. The van der Waals surface area contributed by atoms with E-state index in [-0.39, 0.29) is 11.7 Å². The summed E-state index contributed by atoms with van der Waals surface area (Å²) in [6, 6.07) is 8.46. The van der Waals surface area contributed by atoms with Crippen molar-refractivity contribution in [2.24, 2.45) is 0 Å². The average Bonchev–Trinajstić information content (AvgIpc) is 2.40. The van der Waals surface area contributed by atoms with E-state index < -0.39 is 0 Å². The highest BCUT2D eigenvalue weighted by Crippen LogP contribution is 2.15. The molecule has 1 heterocycles. The Morgan fingerprint density at radius 3 is 2.70 bits per heavy atom. The van der Waals surface area contributed by atoms with Gasteiger partial charge in [0.05, 0.1) is 0 Å². The molecule has 0 unspecified atom stereocenters. The number of hydrogen-bond acceptors (Lipinski definition) is 4. The number of nitrogens with zero attached hydrogens (tertiary/aromatic N) is 2. The van der Waals surface area contributed by atoms with Crippen molar-refractivity contribution in [2.45, 2.75) is 26.2 Å². The minimum Gasteiger partial charge on any atom is -0.384 e. The summed E-state index contributed by atoms with van der Waals surface area (Å²) in [5.41, 5.74) is 6.44. The quantitative estimate of drug-likeness (QED) is 0.879. The van der Waals surface area contributed by atoms with Gasteiger partial charge in [-0.15, -0.1) is 0 Å². The summed E-state index contributed by atoms with van der Waals surface area (Å²) in [4.78, 5) is 8.57. The van der Waals surface area contributed by atoms with E-state index in [4.69, 9.17) is 5.73 Å². The molecule has 1 aromatic heterocycles. The van der Waals surface area contributed by atoms with Crippen molar-refractivity contribution in [3.8, 4) is 0 Å². The van der Waals surface area contributed by atoms with Gasteiger partial charge in [-0.25, -0.2) is 14.4 Å². The molecule has 3 N–H and O–H groups in total. The maximum Gasteiger partial charge on any atom is 0.135 e. The second kappa shape index (κ2) is 6.32. The van der Waals surface area contributed by atoms with Crippen LogP contribution in [0.25, 0.3) is 0 Å². The second-order valence-electron chi connectivity index (χ2n) is 4.96. The minimum absolute atomic E-state index is 0.181. The second-order valence-corrected chi connectivity index (χ2v) is 4.96. The van der Waals surface area contributed by atoms with Gasteiger partial charge in [0.1, 0.15) is 23.3 Å². The number of nitrogen functional groups attached to an aromatic ring is 1. The third-order valence-electron chi connectivity index (χ3n) is 2.94. The molecular formula is C15H19FN4. The first-order chi connectivity index (χ1) is 9.56. The summed E-state index contributed by atoms with van der Waals surface area (Å²) in [5, 5.41) is 3.16. The molecule has 0 radical (unpaired) electrons. The summed E-state index contributed by atoms with van der Waals surface area (Å²) in [6.45, 7) is 4.62. The van der Waals surface area contributed by atoms with E-state index in [0.29, 0.717) is 36.0 Å². The predicted octanol–water partition coefficient (Wildman–Crippen LogP) is 2.98. The molecular weight excluding hydrogens is 255 g/mol. The van der Waals surface area contributed by atoms with E-state index in [1.54, 1.807) is 18.2 Å². The van der Waals surface area contributed by atoms with Gasteiger partial charge >= 0.3 is 0 Å². The molecule has 2 rings (SSSR count). The van der Waals surface area contributed by atoms with Crippen LogP contribution >= 0.6 is 0 Å². The normalized spacial score (nSPS) is 10.8. The van der Waals surface area contributed by atoms with Gasteiger partial charge in [0.25, 0.3) is 0 Å². The van der Waals surface area contributed by atoms with Crippen LogP contribution in [0, 0.1) is 5.82 Å². The number of nitrogens with one attached hydrogen (secondary N) is 1. The molecule has 4 nitrogen and oxygen atoms in total. The number of rotatable bonds is 5. The Morgan fingerprint density at radius 2 is 2.00 bits per heavy atom. The number of aromatic nitrogens is 2. The lowest BCUT2D eigenvalue weighted by Crippen LogP contribution is -2.10. The highest BCUT2D eigenvalue weighted by molar-refractivity contribution is 5.45. The van der Waals surface area contributed by atoms with E-state index in [1.807, 2.05) is 19.9 Å². The number of nitrogens with two attached hydrogens (primary N) is 1. The Balaban J connectivity index is 1.99. The molecule has 0 aliphatic heterocycles. The molecule has 5 heteroatoms. The summed E-state index contributed by atoms with van der Waals surface area (Å²) in [5.74, 6) is 1.86. The molecule has 0 aliphatic carbocycles. The largest absolute Gasteiger partial charge is 0.384 e. The van der Waals surface area contributed by atoms with Crippen LogP contribution in [0.4, 0.5) is 16.0 Å². The lowest BCUT2D eigenvalue weighted by molar-refractivity contribution is 0.610. The van der Waals surface area contributed by atoms with Gasteiger partial charge in [-0.05, 0) is 18.1 Å². The van der Waals surface area contributed by atoms with Crippen LogP contribution in [0.15, 0.2) is 30.3 Å². The van der Waals surface area contributed by atoms with Gasteiger partial charge in [0.15, 0.2) is 0 Å². The van der Waals surface area contributed by atoms with Crippen LogP contribution in [0.3, 0.4) is 0 Å². The predicted molar refractivity (Wildman–Crippen MR) is 79.1 cm³/mol. The van der Waals surface area contributed by atoms with E-state index in [1.165, 1.54) is 6.07 Å². The number of hydrogen-bond donors (Lipinski definition) is 2. The van der Waals surface area contributed by atoms with Gasteiger partial charge in [0.2, 0.25) is 0 Å². The highest BCUT2D eigenvalue weighted by atomic mass is 19.1. The summed E-state index contributed by atoms with van der Waals surface area (Å²) in [6.07, 6.45) is 0.591. The zero-order valence-electron chi connectivity index (χ0n) is 11.7. The standard InChI is InChI=1S/C15H19FN4/c1-10(2)15-19-13(17)9-14(20-15)18-8-7-11-5-3-4-6-12(11)16/h3-6,9-10H,7-8H2,1-2H3,(H3,17,18,19,20). The third kappa shape index (κ3) is 3.66. The average molecular weight is 274 g/mol. The molecule has 1 aromatic carbocycles. The van der Waals surface area contributed by atoms with Gasteiger partial charge in [-0.2, -0.15) is 0 Å². The minimum atomic E-state index is -0.181. The molecule has 20 heavy (non-hydrogen) atoms. The fourth-order valence-electron chi connectivity index (χ4n) is 1.86. The van der Waals surface area contributed by atoms with Crippen LogP contribution in [0.5, 0.6) is 0 Å². The van der Waals surface area contributed by atoms with Gasteiger partial charge in [-0.3, -0.25) is 0 Å². The highest BCUT2D eigenvalue weighted by Gasteiger charge is 2.06. The molecule has 0 fully saturated rings. The van der Waals surface area contributed by atoms with Gasteiger partial charge in [-0.1, -0.05) is 32.0 Å². The zero-order valence-corrected chi connectivity index (χ0v) is 11.7. The smallest absolute Gasteiger partial charge is 0.135 e. The maximum absolute atomic E-state index is 13.5. The summed E-state index contributed by atoms with van der Waals surface area (Å²) >= 11 is 0. The molecule has 2 aromatic rings. The first-order valence-corrected chi connectivity index (χ1v) is 6.68. The van der Waals surface area contributed by atoms with E-state index in [2.05, 4.69) is 15.3 Å². The van der Waals surface area contributed by atoms with Crippen molar-refractivity contribution < 1.29 is 4.39 Å². The number of benzene rings is 1. The van der Waals surface area contributed by atoms with E-state index >= 15 is 0 Å². The Kier molecular flexibility index (Phi) is 4.50. The van der Waals surface area contributed by atoms with Crippen molar-refractivity contribution >= 4 is 11.6 Å². The summed E-state index contributed by atoms with van der Waals surface area (Å²) < 4.78 is 13.5. The molecule has 0 saturated carbocycles. The molecule has 0 aliphatic rings. The van der Waals surface area contributed by atoms with Crippen molar-refractivity contribution in [1.82, 2.24) is 9.97 Å². The first kappa shape index (κ1) is 14.2. The van der Waals surface area contributed by atoms with E-state index in [0.717, 1.165) is 0 Å². The van der Waals surface area contributed by atoms with Crippen LogP contribution in [-0.4, -0.2) is 16.5 Å². The molecule has 0 bridgehead atoms. The Bertz CT molecular complexity index is 584. The van der Waals surface area contributed by atoms with Crippen LogP contribution in [0.2, 0.25) is 0 Å². The number of anilines is 2. The molecule has 0 spiro atoms. The molecule has 106 valence electrons. The topological polar surface area (TPSA) is 63.8 Å². The molecule has 0 saturated heterocycles. The van der Waals surface area contributed by atoms with Crippen molar-refractivity contribution in [1.29, 1.82) is 0 Å². The van der Waals surface area contributed by atoms with Crippen LogP contribution in [0.1, 0.15) is 31.2 Å². The maximum atomic E-state index is 13.5. The zero-order chi connectivity index (χ0) is 14.5. The van der Waals surface area contributed by atoms with Crippen LogP contribution < -0.4 is 11.1 Å². The van der Waals surface area contributed by atoms with Gasteiger partial charge in [0, 0.05) is 18.5 Å². The Labute approximate surface area is 118 Å².